The van der Waals surface area contributed by atoms with Gasteiger partial charge in [-0.2, -0.15) is 0 Å². The second kappa shape index (κ2) is 29.1. The first-order valence-electron chi connectivity index (χ1n) is 0.433. The maximum atomic E-state index is 4.28. The summed E-state index contributed by atoms with van der Waals surface area (Å²) in [7, 11) is 8.11. The van der Waals surface area contributed by atoms with Crippen LogP contribution in [0.1, 0.15) is 0 Å². The van der Waals surface area contributed by atoms with Crippen molar-refractivity contribution in [2.24, 2.45) is 0 Å². The van der Waals surface area contributed by atoms with E-state index in [9.17, 15) is 0 Å². The Morgan fingerprint density at radius 3 is 1.20 bits per heavy atom. The average molecular weight is 433 g/mol. The Bertz CT molecular complexity index is 11.6. The molecule has 0 amide bonds. The number of hydrogen-bond acceptors (Lipinski definition) is 2. The van der Waals surface area contributed by atoms with Gasteiger partial charge in [0, 0.05) is 27.3 Å². The van der Waals surface area contributed by atoms with Crippen molar-refractivity contribution >= 4 is 19.1 Å². The first kappa shape index (κ1) is 15.7. The first-order chi connectivity index (χ1) is 2.00. The second-order valence-corrected chi connectivity index (χ2v) is 0. The predicted molar refractivity (Wildman–Crippen MR) is 15.2 cm³/mol. The molecule has 0 aromatic carbocycles. The van der Waals surface area contributed by atoms with Crippen molar-refractivity contribution in [3.05, 3.63) is 0 Å². The molecule has 5 heteroatoms. The molecule has 0 aromatic heterocycles. The van der Waals surface area contributed by atoms with Gasteiger partial charge in [0.1, 0.15) is 0 Å². The van der Waals surface area contributed by atoms with E-state index in [1.165, 1.54) is 0 Å². The van der Waals surface area contributed by atoms with E-state index < -0.39 is 0 Å². The summed E-state index contributed by atoms with van der Waals surface area (Å²) in [4.78, 5) is 0. The van der Waals surface area contributed by atoms with Crippen molar-refractivity contribution in [3.8, 4) is 0 Å². The molecular weight excluding hydrogens is 433 g/mol. The molecule has 0 unspecified atom stereocenters. The van der Waals surface area contributed by atoms with E-state index >= 15 is 0 Å². The van der Waals surface area contributed by atoms with Gasteiger partial charge in [0.2, 0.25) is 0 Å². The van der Waals surface area contributed by atoms with Crippen molar-refractivity contribution in [3.63, 3.8) is 0 Å². The van der Waals surface area contributed by atoms with Crippen molar-refractivity contribution in [1.29, 1.82) is 0 Å². The second-order valence-electron chi connectivity index (χ2n) is 0. The van der Waals surface area contributed by atoms with Crippen LogP contribution in [0.25, 0.3) is 0 Å². The minimum absolute atomic E-state index is 0. The fourth-order valence-electron chi connectivity index (χ4n) is 0. The standard InChI is InChI=1S/Cd.Fe.Hg.2S. The fraction of sp³-hybridized carbons (Fsp3) is 0. The molecule has 0 nitrogen and oxygen atoms in total. The summed E-state index contributed by atoms with van der Waals surface area (Å²) in [6.45, 7) is 0. The van der Waals surface area contributed by atoms with Crippen LogP contribution in [0.2, 0.25) is 0 Å². The zero-order valence-electron chi connectivity index (χ0n) is 2.58. The summed E-state index contributed by atoms with van der Waals surface area (Å²) in [5.41, 5.74) is 0. The van der Waals surface area contributed by atoms with E-state index in [1.54, 1.807) is 0 Å². The van der Waals surface area contributed by atoms with E-state index in [4.69, 9.17) is 0 Å². The molecule has 0 rings (SSSR count). The van der Waals surface area contributed by atoms with Gasteiger partial charge in [0.05, 0.1) is 0 Å². The van der Waals surface area contributed by atoms with E-state index in [0.29, 0.717) is 24.0 Å². The summed E-state index contributed by atoms with van der Waals surface area (Å²) in [5.74, 6) is 0. The molecule has 24 valence electrons. The molecule has 0 atom stereocenters. The van der Waals surface area contributed by atoms with Crippen LogP contribution in [-0.2, 0) is 65.7 Å². The number of hydrogen-bond donors (Lipinski definition) is 0. The normalized spacial score (nSPS) is 2.20. The van der Waals surface area contributed by atoms with E-state index in [1.807, 2.05) is 0 Å². The zero-order chi connectivity index (χ0) is 4.00. The van der Waals surface area contributed by atoms with Crippen LogP contribution in [0.5, 0.6) is 0 Å². The molecular formula is CdFeHgS2. The Labute approximate surface area is 83.1 Å². The third-order valence-electron chi connectivity index (χ3n) is 0. The van der Waals surface area contributed by atoms with Gasteiger partial charge >= 0.3 is 57.5 Å². The van der Waals surface area contributed by atoms with Gasteiger partial charge in [-0.25, -0.2) is 0 Å². The molecule has 0 saturated heterocycles. The third kappa shape index (κ3) is 19.9. The van der Waals surface area contributed by atoms with Crippen LogP contribution >= 0.6 is 19.1 Å². The SMILES string of the molecule is [Cd].[S]=[Fe].[S]=[Hg]. The summed E-state index contributed by atoms with van der Waals surface area (Å²) in [6, 6.07) is 0. The van der Waals surface area contributed by atoms with Gasteiger partial charge in [0.25, 0.3) is 0 Å². The molecule has 0 fully saturated rings. The van der Waals surface area contributed by atoms with E-state index in [0.717, 1.165) is 0 Å². The van der Waals surface area contributed by atoms with Crippen LogP contribution < -0.4 is 0 Å². The summed E-state index contributed by atoms with van der Waals surface area (Å²) in [5, 5.41) is 0. The van der Waals surface area contributed by atoms with Gasteiger partial charge in [0.15, 0.2) is 0 Å². The first-order valence-corrected chi connectivity index (χ1v) is 9.38. The van der Waals surface area contributed by atoms with Crippen LogP contribution in [0.3, 0.4) is 0 Å². The van der Waals surface area contributed by atoms with Gasteiger partial charge in [-0.1, -0.05) is 0 Å². The Morgan fingerprint density at radius 1 is 1.20 bits per heavy atom. The molecule has 0 aliphatic heterocycles. The Kier molecular flexibility index (Phi) is 91.0. The zero-order valence-corrected chi connectivity index (χ0v) is 14.9. The monoisotopic (exact) mass is 436 g/mol. The fourth-order valence-corrected chi connectivity index (χ4v) is 0. The molecule has 0 N–H and O–H groups in total. The molecule has 5 heavy (non-hydrogen) atoms. The van der Waals surface area contributed by atoms with E-state index in [-0.39, 0.29) is 27.3 Å². The van der Waals surface area contributed by atoms with Crippen molar-refractivity contribution < 1.29 is 65.7 Å². The van der Waals surface area contributed by atoms with Crippen LogP contribution in [0.15, 0.2) is 0 Å². The predicted octanol–water partition coefficient (Wildman–Crippen LogP) is 1.29. The van der Waals surface area contributed by atoms with Crippen molar-refractivity contribution in [1.82, 2.24) is 0 Å². The summed E-state index contributed by atoms with van der Waals surface area (Å²) in [6.07, 6.45) is 0. The van der Waals surface area contributed by atoms with Crippen LogP contribution in [0, 0.1) is 0 Å². The molecule has 0 spiro atoms. The number of rotatable bonds is 0. The van der Waals surface area contributed by atoms with E-state index in [2.05, 4.69) is 33.5 Å². The summed E-state index contributed by atoms with van der Waals surface area (Å²) >= 11 is 3.44. The average Bonchev–Trinajstić information content (AvgIpc) is 1.50. The van der Waals surface area contributed by atoms with Gasteiger partial charge in [-0.15, -0.1) is 0 Å². The van der Waals surface area contributed by atoms with Crippen molar-refractivity contribution in [2.75, 3.05) is 0 Å². The van der Waals surface area contributed by atoms with Crippen LogP contribution in [0.4, 0.5) is 0 Å². The van der Waals surface area contributed by atoms with Gasteiger partial charge < -0.3 is 0 Å². The van der Waals surface area contributed by atoms with Gasteiger partial charge in [-0.3, -0.25) is 0 Å². The Morgan fingerprint density at radius 2 is 1.20 bits per heavy atom. The Balaban J connectivity index is -0.0000000133. The van der Waals surface area contributed by atoms with Crippen LogP contribution in [-0.4, -0.2) is 0 Å². The molecule has 0 radical (unpaired) electrons. The Hall–Kier alpha value is 2.82. The molecule has 0 saturated carbocycles. The van der Waals surface area contributed by atoms with Crippen molar-refractivity contribution in [2.45, 2.75) is 0 Å². The molecule has 0 aliphatic rings. The topological polar surface area (TPSA) is 0 Å². The molecule has 0 bridgehead atoms. The quantitative estimate of drug-likeness (QED) is 0.529. The molecule has 0 aliphatic carbocycles. The summed E-state index contributed by atoms with van der Waals surface area (Å²) < 4.78 is 0. The van der Waals surface area contributed by atoms with Gasteiger partial charge in [-0.05, 0) is 0 Å². The maximum absolute atomic E-state index is 4.28. The third-order valence-corrected chi connectivity index (χ3v) is 0. The minimum atomic E-state index is 0. The molecule has 0 heterocycles. The molecule has 0 aromatic rings.